The van der Waals surface area contributed by atoms with Crippen molar-refractivity contribution in [3.63, 3.8) is 0 Å². The molecule has 4 heteroatoms. The van der Waals surface area contributed by atoms with Crippen molar-refractivity contribution in [3.8, 4) is 0 Å². The summed E-state index contributed by atoms with van der Waals surface area (Å²) < 4.78 is 1.20. The van der Waals surface area contributed by atoms with E-state index < -0.39 is 0 Å². The zero-order valence-corrected chi connectivity index (χ0v) is 10.3. The minimum absolute atomic E-state index is 0.412. The zero-order valence-electron chi connectivity index (χ0n) is 8.69. The SMILES string of the molecule is CC(C)CNC1=C(Br)C(C)N(C)N1. The van der Waals surface area contributed by atoms with E-state index in [0.717, 1.165) is 12.4 Å². The molecule has 0 aromatic rings. The largest absolute Gasteiger partial charge is 0.370 e. The summed E-state index contributed by atoms with van der Waals surface area (Å²) in [6.07, 6.45) is 0. The van der Waals surface area contributed by atoms with Gasteiger partial charge in [0.05, 0.1) is 10.5 Å². The van der Waals surface area contributed by atoms with Crippen molar-refractivity contribution in [2.45, 2.75) is 26.8 Å². The van der Waals surface area contributed by atoms with E-state index in [-0.39, 0.29) is 0 Å². The van der Waals surface area contributed by atoms with Gasteiger partial charge in [-0.05, 0) is 28.8 Å². The summed E-state index contributed by atoms with van der Waals surface area (Å²) >= 11 is 3.57. The van der Waals surface area contributed by atoms with Gasteiger partial charge in [-0.1, -0.05) is 13.8 Å². The summed E-state index contributed by atoms with van der Waals surface area (Å²) in [5.41, 5.74) is 3.26. The first-order chi connectivity index (χ1) is 6.02. The first kappa shape index (κ1) is 10.9. The number of rotatable bonds is 3. The Labute approximate surface area is 88.7 Å². The topological polar surface area (TPSA) is 27.3 Å². The smallest absolute Gasteiger partial charge is 0.125 e. The van der Waals surface area contributed by atoms with Crippen molar-refractivity contribution in [1.82, 2.24) is 15.8 Å². The Bertz CT molecular complexity index is 213. The summed E-state index contributed by atoms with van der Waals surface area (Å²) in [5, 5.41) is 5.45. The van der Waals surface area contributed by atoms with Gasteiger partial charge in [-0.2, -0.15) is 0 Å². The number of hydrogen-bond donors (Lipinski definition) is 2. The lowest BCUT2D eigenvalue weighted by atomic mass is 10.2. The van der Waals surface area contributed by atoms with Gasteiger partial charge in [-0.3, -0.25) is 0 Å². The molecule has 0 bridgehead atoms. The molecule has 1 atom stereocenters. The van der Waals surface area contributed by atoms with Crippen molar-refractivity contribution in [2.75, 3.05) is 13.6 Å². The minimum Gasteiger partial charge on any atom is -0.370 e. The number of hydrazine groups is 1. The maximum absolute atomic E-state index is 3.57. The first-order valence-electron chi connectivity index (χ1n) is 4.65. The third-order valence-corrected chi connectivity index (χ3v) is 3.22. The summed E-state index contributed by atoms with van der Waals surface area (Å²) in [5.74, 6) is 1.76. The highest BCUT2D eigenvalue weighted by Gasteiger charge is 2.24. The molecule has 0 fully saturated rings. The fourth-order valence-corrected chi connectivity index (χ4v) is 1.67. The fraction of sp³-hybridized carbons (Fsp3) is 0.778. The van der Waals surface area contributed by atoms with Gasteiger partial charge < -0.3 is 10.7 Å². The Morgan fingerprint density at radius 2 is 2.23 bits per heavy atom. The van der Waals surface area contributed by atoms with E-state index in [2.05, 4.69) is 52.5 Å². The number of likely N-dealkylation sites (N-methyl/N-ethyl adjacent to an activating group) is 1. The second-order valence-electron chi connectivity index (χ2n) is 3.90. The summed E-state index contributed by atoms with van der Waals surface area (Å²) in [7, 11) is 2.04. The monoisotopic (exact) mass is 247 g/mol. The number of halogens is 1. The van der Waals surface area contributed by atoms with E-state index in [1.807, 2.05) is 7.05 Å². The summed E-state index contributed by atoms with van der Waals surface area (Å²) in [4.78, 5) is 0. The number of hydrogen-bond acceptors (Lipinski definition) is 3. The number of nitrogens with zero attached hydrogens (tertiary/aromatic N) is 1. The van der Waals surface area contributed by atoms with Gasteiger partial charge in [-0.15, -0.1) is 0 Å². The maximum atomic E-state index is 3.57. The van der Waals surface area contributed by atoms with Gasteiger partial charge >= 0.3 is 0 Å². The molecule has 0 aromatic carbocycles. The normalized spacial score (nSPS) is 24.0. The average molecular weight is 248 g/mol. The molecule has 0 aliphatic carbocycles. The molecule has 0 spiro atoms. The van der Waals surface area contributed by atoms with E-state index in [0.29, 0.717) is 12.0 Å². The van der Waals surface area contributed by atoms with E-state index in [1.54, 1.807) is 0 Å². The van der Waals surface area contributed by atoms with Gasteiger partial charge in [0.15, 0.2) is 0 Å². The maximum Gasteiger partial charge on any atom is 0.125 e. The van der Waals surface area contributed by atoms with Crippen LogP contribution in [-0.4, -0.2) is 24.6 Å². The lowest BCUT2D eigenvalue weighted by molar-refractivity contribution is 0.253. The van der Waals surface area contributed by atoms with Crippen LogP contribution in [0.25, 0.3) is 0 Å². The van der Waals surface area contributed by atoms with Crippen molar-refractivity contribution in [2.24, 2.45) is 5.92 Å². The molecule has 1 heterocycles. The van der Waals surface area contributed by atoms with Crippen LogP contribution in [0.3, 0.4) is 0 Å². The lowest BCUT2D eigenvalue weighted by Crippen LogP contribution is -2.36. The molecule has 0 aromatic heterocycles. The highest BCUT2D eigenvalue weighted by atomic mass is 79.9. The average Bonchev–Trinajstić information content (AvgIpc) is 2.29. The molecule has 1 aliphatic rings. The molecular weight excluding hydrogens is 230 g/mol. The van der Waals surface area contributed by atoms with Crippen LogP contribution in [0.1, 0.15) is 20.8 Å². The van der Waals surface area contributed by atoms with Gasteiger partial charge in [0, 0.05) is 13.6 Å². The summed E-state index contributed by atoms with van der Waals surface area (Å²) in [6, 6.07) is 0.412. The fourth-order valence-electron chi connectivity index (χ4n) is 1.14. The predicted octanol–water partition coefficient (Wildman–Crippen LogP) is 1.63. The van der Waals surface area contributed by atoms with E-state index in [4.69, 9.17) is 0 Å². The third-order valence-electron chi connectivity index (χ3n) is 2.16. The van der Waals surface area contributed by atoms with E-state index in [1.165, 1.54) is 4.48 Å². The minimum atomic E-state index is 0.412. The second-order valence-corrected chi connectivity index (χ2v) is 4.75. The van der Waals surface area contributed by atoms with Crippen molar-refractivity contribution < 1.29 is 0 Å². The van der Waals surface area contributed by atoms with Crippen LogP contribution in [0.15, 0.2) is 10.3 Å². The highest BCUT2D eigenvalue weighted by molar-refractivity contribution is 9.11. The molecular formula is C9H18BrN3. The molecule has 13 heavy (non-hydrogen) atoms. The van der Waals surface area contributed by atoms with Crippen LogP contribution in [0.2, 0.25) is 0 Å². The van der Waals surface area contributed by atoms with Crippen molar-refractivity contribution >= 4 is 15.9 Å². The Morgan fingerprint density at radius 3 is 2.62 bits per heavy atom. The highest BCUT2D eigenvalue weighted by Crippen LogP contribution is 2.22. The second kappa shape index (κ2) is 4.33. The Hall–Kier alpha value is -0.220. The van der Waals surface area contributed by atoms with Crippen LogP contribution in [0, 0.1) is 5.92 Å². The van der Waals surface area contributed by atoms with Gasteiger partial charge in [0.2, 0.25) is 0 Å². The molecule has 1 aliphatic heterocycles. The molecule has 0 saturated carbocycles. The Morgan fingerprint density at radius 1 is 1.62 bits per heavy atom. The van der Waals surface area contributed by atoms with E-state index >= 15 is 0 Å². The van der Waals surface area contributed by atoms with Crippen LogP contribution in [0.5, 0.6) is 0 Å². The van der Waals surface area contributed by atoms with Gasteiger partial charge in [-0.25, -0.2) is 5.01 Å². The van der Waals surface area contributed by atoms with Gasteiger partial charge in [0.1, 0.15) is 5.82 Å². The molecule has 1 unspecified atom stereocenters. The molecule has 3 nitrogen and oxygen atoms in total. The van der Waals surface area contributed by atoms with Crippen LogP contribution >= 0.6 is 15.9 Å². The zero-order chi connectivity index (χ0) is 10.0. The Kier molecular flexibility index (Phi) is 3.62. The molecule has 2 N–H and O–H groups in total. The van der Waals surface area contributed by atoms with Crippen LogP contribution < -0.4 is 10.7 Å². The summed E-state index contributed by atoms with van der Waals surface area (Å²) in [6.45, 7) is 7.55. The molecule has 1 rings (SSSR count). The quantitative estimate of drug-likeness (QED) is 0.795. The molecule has 0 saturated heterocycles. The molecule has 76 valence electrons. The Balaban J connectivity index is 2.50. The van der Waals surface area contributed by atoms with Crippen LogP contribution in [0.4, 0.5) is 0 Å². The lowest BCUT2D eigenvalue weighted by Gasteiger charge is -2.16. The standard InChI is InChI=1S/C9H18BrN3/c1-6(2)5-11-9-8(10)7(3)13(4)12-9/h6-7,11-12H,5H2,1-4H3. The first-order valence-corrected chi connectivity index (χ1v) is 5.44. The predicted molar refractivity (Wildman–Crippen MR) is 59.2 cm³/mol. The number of nitrogens with one attached hydrogen (secondary N) is 2. The van der Waals surface area contributed by atoms with E-state index in [9.17, 15) is 0 Å². The van der Waals surface area contributed by atoms with Crippen molar-refractivity contribution in [1.29, 1.82) is 0 Å². The van der Waals surface area contributed by atoms with Crippen molar-refractivity contribution in [3.05, 3.63) is 10.3 Å². The molecule has 0 amide bonds. The third kappa shape index (κ3) is 2.61. The van der Waals surface area contributed by atoms with Gasteiger partial charge in [0.25, 0.3) is 0 Å². The molecule has 0 radical (unpaired) electrons. The van der Waals surface area contributed by atoms with Crippen LogP contribution in [-0.2, 0) is 0 Å².